The Balaban J connectivity index is 0. The number of methoxy groups -OCH3 is 1. The number of carbonyl (C=O) groups excluding carboxylic acids is 1. The summed E-state index contributed by atoms with van der Waals surface area (Å²) in [6.07, 6.45) is 4.32. The van der Waals surface area contributed by atoms with E-state index in [0.29, 0.717) is 6.42 Å². The molecule has 0 spiro atoms. The number of nitrogens with one attached hydrogen (secondary N) is 2. The Labute approximate surface area is 144 Å². The lowest BCUT2D eigenvalue weighted by molar-refractivity contribution is -0.140. The van der Waals surface area contributed by atoms with Crippen LogP contribution < -0.4 is 10.6 Å². The van der Waals surface area contributed by atoms with Gasteiger partial charge >= 0.3 is 5.97 Å². The maximum atomic E-state index is 10.9. The van der Waals surface area contributed by atoms with E-state index in [9.17, 15) is 4.79 Å². The second-order valence-corrected chi connectivity index (χ2v) is 6.36. The van der Waals surface area contributed by atoms with Crippen molar-refractivity contribution in [2.24, 2.45) is 4.99 Å². The van der Waals surface area contributed by atoms with Crippen LogP contribution in [0.2, 0.25) is 0 Å². The molecule has 0 aromatic rings. The first kappa shape index (κ1) is 22.1. The van der Waals surface area contributed by atoms with E-state index in [0.717, 1.165) is 31.9 Å². The standard InChI is InChI=1S/C13H27N3O2S.HI/c1-13(2,19-5)10-16-12(14-3)15-9-7-6-8-11(17)18-4;/h6-10H2,1-5H3,(H2,14,15,16);1H. The van der Waals surface area contributed by atoms with Crippen LogP contribution in [-0.4, -0.2) is 50.2 Å². The van der Waals surface area contributed by atoms with Crippen molar-refractivity contribution in [2.45, 2.75) is 37.9 Å². The molecule has 0 aromatic carbocycles. The average Bonchev–Trinajstić information content (AvgIpc) is 2.41. The fourth-order valence-electron chi connectivity index (χ4n) is 1.29. The van der Waals surface area contributed by atoms with E-state index in [1.54, 1.807) is 7.05 Å². The number of nitrogens with zero attached hydrogens (tertiary/aromatic N) is 1. The summed E-state index contributed by atoms with van der Waals surface area (Å²) in [6.45, 7) is 6.04. The van der Waals surface area contributed by atoms with Gasteiger partial charge in [-0.3, -0.25) is 9.79 Å². The number of esters is 1. The minimum absolute atomic E-state index is 0. The van der Waals surface area contributed by atoms with Crippen LogP contribution in [0.1, 0.15) is 33.1 Å². The highest BCUT2D eigenvalue weighted by molar-refractivity contribution is 14.0. The van der Waals surface area contributed by atoms with Gasteiger partial charge < -0.3 is 15.4 Å². The second kappa shape index (κ2) is 12.6. The van der Waals surface area contributed by atoms with Crippen molar-refractivity contribution in [3.8, 4) is 0 Å². The first-order valence-corrected chi connectivity index (χ1v) is 7.74. The van der Waals surface area contributed by atoms with Gasteiger partial charge in [-0.05, 0) is 32.9 Å². The number of hydrogen-bond donors (Lipinski definition) is 2. The van der Waals surface area contributed by atoms with Gasteiger partial charge in [0.25, 0.3) is 0 Å². The molecule has 0 saturated heterocycles. The van der Waals surface area contributed by atoms with E-state index >= 15 is 0 Å². The van der Waals surface area contributed by atoms with Gasteiger partial charge in [0.15, 0.2) is 5.96 Å². The van der Waals surface area contributed by atoms with Crippen molar-refractivity contribution in [3.05, 3.63) is 0 Å². The Morgan fingerprint density at radius 3 is 2.45 bits per heavy atom. The fraction of sp³-hybridized carbons (Fsp3) is 0.846. The van der Waals surface area contributed by atoms with Gasteiger partial charge in [-0.15, -0.1) is 24.0 Å². The van der Waals surface area contributed by atoms with Crippen molar-refractivity contribution < 1.29 is 9.53 Å². The molecule has 0 aliphatic heterocycles. The Kier molecular flexibility index (Phi) is 13.9. The monoisotopic (exact) mass is 417 g/mol. The number of hydrogen-bond acceptors (Lipinski definition) is 4. The molecular weight excluding hydrogens is 389 g/mol. The molecule has 0 heterocycles. The number of carbonyl (C=O) groups is 1. The quantitative estimate of drug-likeness (QED) is 0.209. The lowest BCUT2D eigenvalue weighted by atomic mass is 10.2. The third-order valence-corrected chi connectivity index (χ3v) is 4.04. The molecule has 0 fully saturated rings. The zero-order valence-electron chi connectivity index (χ0n) is 13.1. The molecule has 5 nitrogen and oxygen atoms in total. The fourth-order valence-corrected chi connectivity index (χ4v) is 1.51. The van der Waals surface area contributed by atoms with Crippen molar-refractivity contribution >= 4 is 47.7 Å². The minimum Gasteiger partial charge on any atom is -0.469 e. The molecule has 0 amide bonds. The molecule has 0 aliphatic rings. The van der Waals surface area contributed by atoms with Gasteiger partial charge in [-0.25, -0.2) is 0 Å². The third-order valence-electron chi connectivity index (χ3n) is 2.79. The summed E-state index contributed by atoms with van der Waals surface area (Å²) in [5.74, 6) is 0.657. The van der Waals surface area contributed by atoms with Crippen LogP contribution >= 0.6 is 35.7 Å². The zero-order valence-corrected chi connectivity index (χ0v) is 16.3. The highest BCUT2D eigenvalue weighted by Gasteiger charge is 2.15. The highest BCUT2D eigenvalue weighted by atomic mass is 127. The van der Waals surface area contributed by atoms with E-state index in [-0.39, 0.29) is 34.7 Å². The summed E-state index contributed by atoms with van der Waals surface area (Å²) >= 11 is 1.82. The Morgan fingerprint density at radius 1 is 1.30 bits per heavy atom. The van der Waals surface area contributed by atoms with Crippen LogP contribution in [-0.2, 0) is 9.53 Å². The number of thioether (sulfide) groups is 1. The van der Waals surface area contributed by atoms with E-state index in [2.05, 4.69) is 40.5 Å². The number of guanidine groups is 1. The number of halogens is 1. The third kappa shape index (κ3) is 11.6. The molecule has 20 heavy (non-hydrogen) atoms. The van der Waals surface area contributed by atoms with Crippen molar-refractivity contribution in [3.63, 3.8) is 0 Å². The molecule has 0 radical (unpaired) electrons. The maximum Gasteiger partial charge on any atom is 0.305 e. The second-order valence-electron chi connectivity index (χ2n) is 4.85. The first-order valence-electron chi connectivity index (χ1n) is 6.51. The molecule has 0 aromatic heterocycles. The summed E-state index contributed by atoms with van der Waals surface area (Å²) in [4.78, 5) is 15.1. The smallest absolute Gasteiger partial charge is 0.305 e. The Hall–Kier alpha value is -0.180. The molecule has 0 atom stereocenters. The predicted octanol–water partition coefficient (Wildman–Crippen LogP) is 2.25. The molecule has 120 valence electrons. The lowest BCUT2D eigenvalue weighted by Gasteiger charge is -2.23. The maximum absolute atomic E-state index is 10.9. The topological polar surface area (TPSA) is 62.7 Å². The summed E-state index contributed by atoms with van der Waals surface area (Å²) in [7, 11) is 3.18. The zero-order chi connectivity index (χ0) is 14.7. The highest BCUT2D eigenvalue weighted by Crippen LogP contribution is 2.19. The van der Waals surface area contributed by atoms with Gasteiger partial charge in [0.05, 0.1) is 7.11 Å². The Bertz CT molecular complexity index is 299. The Morgan fingerprint density at radius 2 is 1.95 bits per heavy atom. The molecule has 0 saturated carbocycles. The van der Waals surface area contributed by atoms with Crippen LogP contribution in [0.15, 0.2) is 4.99 Å². The van der Waals surface area contributed by atoms with E-state index in [1.807, 2.05) is 11.8 Å². The molecule has 7 heteroatoms. The number of rotatable bonds is 8. The van der Waals surface area contributed by atoms with Crippen LogP contribution in [0.25, 0.3) is 0 Å². The largest absolute Gasteiger partial charge is 0.469 e. The summed E-state index contributed by atoms with van der Waals surface area (Å²) in [6, 6.07) is 0. The van der Waals surface area contributed by atoms with Crippen molar-refractivity contribution in [2.75, 3.05) is 33.5 Å². The molecule has 0 bridgehead atoms. The summed E-state index contributed by atoms with van der Waals surface area (Å²) in [5.41, 5.74) is 0. The van der Waals surface area contributed by atoms with E-state index in [1.165, 1.54) is 7.11 Å². The summed E-state index contributed by atoms with van der Waals surface area (Å²) in [5, 5.41) is 6.53. The molecule has 0 unspecified atom stereocenters. The van der Waals surface area contributed by atoms with Gasteiger partial charge in [0.1, 0.15) is 0 Å². The van der Waals surface area contributed by atoms with Gasteiger partial charge in [-0.2, -0.15) is 11.8 Å². The van der Waals surface area contributed by atoms with Crippen LogP contribution in [0, 0.1) is 0 Å². The molecule has 2 N–H and O–H groups in total. The minimum atomic E-state index is -0.149. The lowest BCUT2D eigenvalue weighted by Crippen LogP contribution is -2.43. The number of aliphatic imine (C=N–C) groups is 1. The summed E-state index contributed by atoms with van der Waals surface area (Å²) < 4.78 is 4.77. The molecule has 0 aliphatic carbocycles. The average molecular weight is 417 g/mol. The van der Waals surface area contributed by atoms with Crippen LogP contribution in [0.4, 0.5) is 0 Å². The van der Waals surface area contributed by atoms with Crippen molar-refractivity contribution in [1.82, 2.24) is 10.6 Å². The van der Waals surface area contributed by atoms with Crippen LogP contribution in [0.5, 0.6) is 0 Å². The SMILES string of the molecule is CN=C(NCCCCC(=O)OC)NCC(C)(C)SC.I. The molecule has 0 rings (SSSR count). The first-order chi connectivity index (χ1) is 8.95. The van der Waals surface area contributed by atoms with Gasteiger partial charge in [-0.1, -0.05) is 0 Å². The number of ether oxygens (including phenoxy) is 1. The van der Waals surface area contributed by atoms with Crippen LogP contribution in [0.3, 0.4) is 0 Å². The predicted molar refractivity (Wildman–Crippen MR) is 98.2 cm³/mol. The van der Waals surface area contributed by atoms with Gasteiger partial charge in [0, 0.05) is 31.3 Å². The molecular formula is C13H28IN3O2S. The normalized spacial score (nSPS) is 11.6. The van der Waals surface area contributed by atoms with E-state index < -0.39 is 0 Å². The van der Waals surface area contributed by atoms with Crippen molar-refractivity contribution in [1.29, 1.82) is 0 Å². The van der Waals surface area contributed by atoms with E-state index in [4.69, 9.17) is 0 Å². The number of unbranched alkanes of at least 4 members (excludes halogenated alkanes) is 1. The van der Waals surface area contributed by atoms with Gasteiger partial charge in [0.2, 0.25) is 0 Å².